The van der Waals surface area contributed by atoms with Crippen LogP contribution in [0.2, 0.25) is 0 Å². The Bertz CT molecular complexity index is 184. The molecule has 2 nitrogen and oxygen atoms in total. The minimum atomic E-state index is 1.19. The molecule has 14 heavy (non-hydrogen) atoms. The molecule has 0 aliphatic carbocycles. The number of hydrogen-bond donors (Lipinski definition) is 1. The zero-order valence-electron chi connectivity index (χ0n) is 9.10. The van der Waals surface area contributed by atoms with E-state index < -0.39 is 0 Å². The van der Waals surface area contributed by atoms with Crippen molar-refractivity contribution in [1.82, 2.24) is 10.2 Å². The summed E-state index contributed by atoms with van der Waals surface area (Å²) in [5.41, 5.74) is 1.68. The van der Waals surface area contributed by atoms with Gasteiger partial charge in [0.25, 0.3) is 0 Å². The molecule has 0 aromatic heterocycles. The third kappa shape index (κ3) is 3.10. The standard InChI is InChI=1S/C12H22N2/c1-2-9-14(10-3-1)11-6-12-4-7-13-8-5-12/h6,13H,1-5,7-11H2. The average molecular weight is 194 g/mol. The first kappa shape index (κ1) is 10.2. The fourth-order valence-corrected chi connectivity index (χ4v) is 2.35. The number of nitrogens with one attached hydrogen (secondary N) is 1. The lowest BCUT2D eigenvalue weighted by Gasteiger charge is -2.26. The molecule has 0 aromatic carbocycles. The van der Waals surface area contributed by atoms with Crippen LogP contribution in [0.15, 0.2) is 11.6 Å². The van der Waals surface area contributed by atoms with Crippen LogP contribution in [0, 0.1) is 0 Å². The predicted octanol–water partition coefficient (Wildman–Crippen LogP) is 1.78. The second kappa shape index (κ2) is 5.52. The van der Waals surface area contributed by atoms with Gasteiger partial charge in [-0.3, -0.25) is 4.90 Å². The number of rotatable bonds is 2. The Balaban J connectivity index is 1.73. The Hall–Kier alpha value is -0.340. The van der Waals surface area contributed by atoms with Gasteiger partial charge >= 0.3 is 0 Å². The Morgan fingerprint density at radius 2 is 1.79 bits per heavy atom. The van der Waals surface area contributed by atoms with Crippen LogP contribution in [0.3, 0.4) is 0 Å². The van der Waals surface area contributed by atoms with Gasteiger partial charge in [-0.1, -0.05) is 18.1 Å². The summed E-state index contributed by atoms with van der Waals surface area (Å²) in [7, 11) is 0. The molecule has 0 saturated carbocycles. The Labute approximate surface area is 87.4 Å². The second-order valence-corrected chi connectivity index (χ2v) is 4.47. The van der Waals surface area contributed by atoms with Gasteiger partial charge in [-0.15, -0.1) is 0 Å². The molecule has 80 valence electrons. The highest BCUT2D eigenvalue weighted by atomic mass is 15.1. The molecule has 2 saturated heterocycles. The van der Waals surface area contributed by atoms with E-state index in [-0.39, 0.29) is 0 Å². The van der Waals surface area contributed by atoms with Crippen LogP contribution in [0.4, 0.5) is 0 Å². The molecule has 2 heteroatoms. The highest BCUT2D eigenvalue weighted by Gasteiger charge is 2.09. The number of hydrogen-bond acceptors (Lipinski definition) is 2. The van der Waals surface area contributed by atoms with Crippen molar-refractivity contribution in [2.45, 2.75) is 32.1 Å². The number of piperidine rings is 2. The van der Waals surface area contributed by atoms with Crippen LogP contribution in [0.25, 0.3) is 0 Å². The molecule has 2 rings (SSSR count). The van der Waals surface area contributed by atoms with E-state index in [1.807, 2.05) is 0 Å². The van der Waals surface area contributed by atoms with Crippen molar-refractivity contribution in [3.63, 3.8) is 0 Å². The molecule has 2 aliphatic rings. The predicted molar refractivity (Wildman–Crippen MR) is 60.5 cm³/mol. The summed E-state index contributed by atoms with van der Waals surface area (Å²) in [5.74, 6) is 0. The van der Waals surface area contributed by atoms with Gasteiger partial charge in [0.15, 0.2) is 0 Å². The van der Waals surface area contributed by atoms with Crippen LogP contribution in [0.5, 0.6) is 0 Å². The first-order chi connectivity index (χ1) is 6.95. The Morgan fingerprint density at radius 3 is 2.50 bits per heavy atom. The SMILES string of the molecule is C(CN1CCCCC1)=C1CCNCC1. The average Bonchev–Trinajstić information content (AvgIpc) is 2.29. The molecular weight excluding hydrogens is 172 g/mol. The maximum Gasteiger partial charge on any atom is 0.0165 e. The molecule has 1 N–H and O–H groups in total. The van der Waals surface area contributed by atoms with E-state index in [2.05, 4.69) is 16.3 Å². The van der Waals surface area contributed by atoms with Crippen LogP contribution in [-0.2, 0) is 0 Å². The van der Waals surface area contributed by atoms with Crippen LogP contribution < -0.4 is 5.32 Å². The summed E-state index contributed by atoms with van der Waals surface area (Å²) in [6.45, 7) is 6.22. The Kier molecular flexibility index (Phi) is 4.02. The van der Waals surface area contributed by atoms with E-state index in [0.717, 1.165) is 0 Å². The third-order valence-corrected chi connectivity index (χ3v) is 3.33. The van der Waals surface area contributed by atoms with Gasteiger partial charge in [0.05, 0.1) is 0 Å². The van der Waals surface area contributed by atoms with Gasteiger partial charge in [-0.2, -0.15) is 0 Å². The van der Waals surface area contributed by atoms with Gasteiger partial charge < -0.3 is 5.32 Å². The van der Waals surface area contributed by atoms with Crippen molar-refractivity contribution >= 4 is 0 Å². The first-order valence-corrected chi connectivity index (χ1v) is 6.06. The van der Waals surface area contributed by atoms with Gasteiger partial charge in [0.2, 0.25) is 0 Å². The van der Waals surface area contributed by atoms with E-state index >= 15 is 0 Å². The monoisotopic (exact) mass is 194 g/mol. The van der Waals surface area contributed by atoms with Gasteiger partial charge in [-0.05, 0) is 51.9 Å². The highest BCUT2D eigenvalue weighted by molar-refractivity contribution is 5.06. The molecule has 2 aliphatic heterocycles. The van der Waals surface area contributed by atoms with Gasteiger partial charge in [0.1, 0.15) is 0 Å². The Morgan fingerprint density at radius 1 is 1.07 bits per heavy atom. The van der Waals surface area contributed by atoms with Gasteiger partial charge in [0, 0.05) is 6.54 Å². The van der Waals surface area contributed by atoms with E-state index in [1.165, 1.54) is 64.8 Å². The van der Waals surface area contributed by atoms with Crippen LogP contribution >= 0.6 is 0 Å². The highest BCUT2D eigenvalue weighted by Crippen LogP contribution is 2.12. The largest absolute Gasteiger partial charge is 0.316 e. The smallest absolute Gasteiger partial charge is 0.0165 e. The molecule has 0 bridgehead atoms. The summed E-state index contributed by atoms with van der Waals surface area (Å²) in [6.07, 6.45) is 9.28. The second-order valence-electron chi connectivity index (χ2n) is 4.47. The summed E-state index contributed by atoms with van der Waals surface area (Å²) in [5, 5.41) is 3.40. The first-order valence-electron chi connectivity index (χ1n) is 6.06. The topological polar surface area (TPSA) is 15.3 Å². The van der Waals surface area contributed by atoms with E-state index in [4.69, 9.17) is 0 Å². The van der Waals surface area contributed by atoms with E-state index in [0.29, 0.717) is 0 Å². The lowest BCUT2D eigenvalue weighted by Crippen LogP contribution is -2.30. The van der Waals surface area contributed by atoms with Crippen molar-refractivity contribution in [3.05, 3.63) is 11.6 Å². The number of nitrogens with zero attached hydrogens (tertiary/aromatic N) is 1. The normalized spacial score (nSPS) is 25.0. The molecule has 0 unspecified atom stereocenters. The zero-order valence-corrected chi connectivity index (χ0v) is 9.10. The van der Waals surface area contributed by atoms with E-state index in [9.17, 15) is 0 Å². The van der Waals surface area contributed by atoms with Crippen molar-refractivity contribution in [3.8, 4) is 0 Å². The lowest BCUT2D eigenvalue weighted by molar-refractivity contribution is 0.251. The summed E-state index contributed by atoms with van der Waals surface area (Å²) in [6, 6.07) is 0. The zero-order chi connectivity index (χ0) is 9.64. The molecule has 2 fully saturated rings. The molecule has 0 spiro atoms. The van der Waals surface area contributed by atoms with Crippen molar-refractivity contribution < 1.29 is 0 Å². The maximum atomic E-state index is 3.40. The third-order valence-electron chi connectivity index (χ3n) is 3.33. The minimum Gasteiger partial charge on any atom is -0.316 e. The maximum absolute atomic E-state index is 3.40. The number of likely N-dealkylation sites (tertiary alicyclic amines) is 1. The van der Waals surface area contributed by atoms with E-state index in [1.54, 1.807) is 5.57 Å². The van der Waals surface area contributed by atoms with Crippen molar-refractivity contribution in [2.24, 2.45) is 0 Å². The molecule has 0 aromatic rings. The molecule has 0 radical (unpaired) electrons. The summed E-state index contributed by atoms with van der Waals surface area (Å²) in [4.78, 5) is 2.60. The summed E-state index contributed by atoms with van der Waals surface area (Å²) >= 11 is 0. The molecule has 0 amide bonds. The fraction of sp³-hybridized carbons (Fsp3) is 0.833. The van der Waals surface area contributed by atoms with Crippen LogP contribution in [-0.4, -0.2) is 37.6 Å². The molecular formula is C12H22N2. The van der Waals surface area contributed by atoms with Crippen molar-refractivity contribution in [2.75, 3.05) is 32.7 Å². The summed E-state index contributed by atoms with van der Waals surface area (Å²) < 4.78 is 0. The van der Waals surface area contributed by atoms with Crippen LogP contribution in [0.1, 0.15) is 32.1 Å². The lowest BCUT2D eigenvalue weighted by atomic mass is 10.0. The molecule has 0 atom stereocenters. The fourth-order valence-electron chi connectivity index (χ4n) is 2.35. The molecule has 2 heterocycles. The minimum absolute atomic E-state index is 1.19. The van der Waals surface area contributed by atoms with Crippen molar-refractivity contribution in [1.29, 1.82) is 0 Å². The quantitative estimate of drug-likeness (QED) is 0.674. The van der Waals surface area contributed by atoms with Gasteiger partial charge in [-0.25, -0.2) is 0 Å².